The normalized spacial score (nSPS) is 22.4. The molecule has 10 heteroatoms. The lowest BCUT2D eigenvalue weighted by molar-refractivity contribution is -0.140. The highest BCUT2D eigenvalue weighted by Gasteiger charge is 2.49. The number of hydrogen-bond donors (Lipinski definition) is 2. The van der Waals surface area contributed by atoms with Gasteiger partial charge in [0.15, 0.2) is 5.78 Å². The van der Waals surface area contributed by atoms with Crippen molar-refractivity contribution < 1.29 is 23.9 Å². The zero-order valence-corrected chi connectivity index (χ0v) is 24.0. The van der Waals surface area contributed by atoms with Gasteiger partial charge in [-0.1, -0.05) is 52.2 Å². The van der Waals surface area contributed by atoms with Crippen molar-refractivity contribution in [1.29, 1.82) is 0 Å². The van der Waals surface area contributed by atoms with Crippen LogP contribution in [-0.2, 0) is 9.59 Å². The fourth-order valence-electron chi connectivity index (χ4n) is 6.26. The second-order valence-electron chi connectivity index (χ2n) is 12.6. The van der Waals surface area contributed by atoms with Gasteiger partial charge in [0.2, 0.25) is 11.8 Å². The van der Waals surface area contributed by atoms with Gasteiger partial charge in [0.1, 0.15) is 29.1 Å². The Bertz CT molecular complexity index is 1300. The maximum atomic E-state index is 14.0. The lowest BCUT2D eigenvalue weighted by Gasteiger charge is -2.37. The first-order valence-electron chi connectivity index (χ1n) is 14.5. The summed E-state index contributed by atoms with van der Waals surface area (Å²) < 4.78 is 6.32. The number of hydrogen-bond acceptors (Lipinski definition) is 7. The molecule has 10 nitrogen and oxygen atoms in total. The van der Waals surface area contributed by atoms with E-state index in [2.05, 4.69) is 20.6 Å². The number of carbonyl (C=O) groups excluding carboxylic acids is 4. The second-order valence-corrected chi connectivity index (χ2v) is 12.6. The minimum Gasteiger partial charge on any atom is -0.484 e. The number of nitrogens with one attached hydrogen (secondary N) is 2. The maximum Gasteiger partial charge on any atom is 0.272 e. The number of ketones is 1. The molecule has 0 radical (unpaired) electrons. The fraction of sp³-hybridized carbons (Fsp3) is 0.548. The van der Waals surface area contributed by atoms with E-state index in [-0.39, 0.29) is 42.2 Å². The number of Topliss-reactive ketones (excluding diaryl/α,β-unsaturated/α-hetero) is 1. The van der Waals surface area contributed by atoms with Crippen molar-refractivity contribution >= 4 is 23.5 Å². The van der Waals surface area contributed by atoms with E-state index in [0.29, 0.717) is 24.3 Å². The van der Waals surface area contributed by atoms with Crippen LogP contribution in [0.2, 0.25) is 0 Å². The van der Waals surface area contributed by atoms with E-state index in [4.69, 9.17) is 4.74 Å². The number of benzene rings is 1. The van der Waals surface area contributed by atoms with Crippen molar-refractivity contribution in [2.24, 2.45) is 11.3 Å². The first-order valence-corrected chi connectivity index (χ1v) is 14.5. The molecule has 41 heavy (non-hydrogen) atoms. The second kappa shape index (κ2) is 11.6. The molecule has 1 aromatic heterocycles. The van der Waals surface area contributed by atoms with Gasteiger partial charge >= 0.3 is 0 Å². The predicted octanol–water partition coefficient (Wildman–Crippen LogP) is 3.32. The van der Waals surface area contributed by atoms with Gasteiger partial charge in [-0.2, -0.15) is 0 Å². The number of para-hydroxylation sites is 1. The summed E-state index contributed by atoms with van der Waals surface area (Å²) in [7, 11) is 0. The van der Waals surface area contributed by atoms with Gasteiger partial charge in [-0.05, 0) is 36.3 Å². The molecule has 2 aromatic rings. The standard InChI is InChI=1S/C31H39N5O5/c1-30(2,3)26(29(40)36-16-13-31(19-36)17-23(37)21-11-7-8-12-24(21)41-31)35-28(39)25(20-9-5-4-6-10-20)34-27(38)22-18-32-14-15-33-22/h7-8,11-12,14-15,18,20,25-26H,4-6,9-10,13,16-17,19H2,1-3H3,(H,34,38)(H,35,39)/t25-,26?,31?/m0/s1. The Morgan fingerprint density at radius 3 is 2.54 bits per heavy atom. The number of ether oxygens (including phenoxy) is 1. The highest BCUT2D eigenvalue weighted by atomic mass is 16.5. The average Bonchev–Trinajstić information content (AvgIpc) is 3.37. The highest BCUT2D eigenvalue weighted by molar-refractivity contribution is 6.00. The van der Waals surface area contributed by atoms with Crippen molar-refractivity contribution in [2.45, 2.75) is 83.4 Å². The molecule has 2 aliphatic heterocycles. The summed E-state index contributed by atoms with van der Waals surface area (Å²) >= 11 is 0. The topological polar surface area (TPSA) is 131 Å². The summed E-state index contributed by atoms with van der Waals surface area (Å²) in [6, 6.07) is 5.56. The molecule has 3 atom stereocenters. The van der Waals surface area contributed by atoms with Crippen LogP contribution in [0.5, 0.6) is 5.75 Å². The van der Waals surface area contributed by atoms with Gasteiger partial charge in [-0.15, -0.1) is 0 Å². The minimum atomic E-state index is -0.837. The average molecular weight is 562 g/mol. The SMILES string of the molecule is CC(C)(C)C(NC(=O)[C@@H](NC(=O)c1cnccn1)C1CCCCC1)C(=O)N1CCC2(CC(=O)c3ccccc3O2)C1. The molecule has 1 spiro atoms. The summed E-state index contributed by atoms with van der Waals surface area (Å²) in [4.78, 5) is 63.5. The third kappa shape index (κ3) is 6.26. The summed E-state index contributed by atoms with van der Waals surface area (Å²) in [6.07, 6.45) is 9.71. The van der Waals surface area contributed by atoms with Crippen molar-refractivity contribution in [3.8, 4) is 5.75 Å². The molecule has 2 N–H and O–H groups in total. The van der Waals surface area contributed by atoms with E-state index in [9.17, 15) is 19.2 Å². The van der Waals surface area contributed by atoms with Crippen LogP contribution < -0.4 is 15.4 Å². The zero-order valence-electron chi connectivity index (χ0n) is 24.0. The van der Waals surface area contributed by atoms with E-state index in [1.54, 1.807) is 17.0 Å². The van der Waals surface area contributed by atoms with Crippen LogP contribution in [0.1, 0.15) is 86.6 Å². The van der Waals surface area contributed by atoms with E-state index < -0.39 is 29.0 Å². The van der Waals surface area contributed by atoms with Crippen LogP contribution in [0.4, 0.5) is 0 Å². The molecule has 3 heterocycles. The van der Waals surface area contributed by atoms with Crippen LogP contribution >= 0.6 is 0 Å². The molecule has 218 valence electrons. The van der Waals surface area contributed by atoms with Crippen LogP contribution in [0.25, 0.3) is 0 Å². The first kappa shape index (κ1) is 28.7. The van der Waals surface area contributed by atoms with Crippen molar-refractivity contribution in [1.82, 2.24) is 25.5 Å². The van der Waals surface area contributed by atoms with Crippen molar-refractivity contribution in [3.63, 3.8) is 0 Å². The molecule has 1 saturated carbocycles. The molecule has 3 amide bonds. The summed E-state index contributed by atoms with van der Waals surface area (Å²) in [5, 5.41) is 5.91. The van der Waals surface area contributed by atoms with E-state index in [0.717, 1.165) is 32.1 Å². The highest BCUT2D eigenvalue weighted by Crippen LogP contribution is 2.39. The molecule has 3 aliphatic rings. The predicted molar refractivity (Wildman–Crippen MR) is 151 cm³/mol. The van der Waals surface area contributed by atoms with Crippen molar-refractivity contribution in [3.05, 3.63) is 54.1 Å². The number of aromatic nitrogens is 2. The maximum absolute atomic E-state index is 14.0. The number of amides is 3. The third-order valence-electron chi connectivity index (χ3n) is 8.51. The molecule has 5 rings (SSSR count). The molecule has 1 aromatic carbocycles. The Morgan fingerprint density at radius 2 is 1.83 bits per heavy atom. The number of rotatable bonds is 6. The monoisotopic (exact) mass is 561 g/mol. The van der Waals surface area contributed by atoms with Gasteiger partial charge in [0.05, 0.1) is 24.7 Å². The Morgan fingerprint density at radius 1 is 1.07 bits per heavy atom. The summed E-state index contributed by atoms with van der Waals surface area (Å²) in [6.45, 7) is 6.42. The largest absolute Gasteiger partial charge is 0.484 e. The minimum absolute atomic E-state index is 0.0102. The number of carbonyl (C=O) groups is 4. The van der Waals surface area contributed by atoms with E-state index in [1.165, 1.54) is 18.6 Å². The van der Waals surface area contributed by atoms with E-state index in [1.807, 2.05) is 32.9 Å². The van der Waals surface area contributed by atoms with Crippen LogP contribution in [0.15, 0.2) is 42.9 Å². The van der Waals surface area contributed by atoms with Crippen LogP contribution in [0, 0.1) is 11.3 Å². The number of fused-ring (bicyclic) bond motifs is 1. The van der Waals surface area contributed by atoms with Gasteiger partial charge in [-0.3, -0.25) is 24.2 Å². The molecular formula is C31H39N5O5. The first-order chi connectivity index (χ1) is 19.6. The zero-order chi connectivity index (χ0) is 29.2. The molecular weight excluding hydrogens is 522 g/mol. The quantitative estimate of drug-likeness (QED) is 0.553. The van der Waals surface area contributed by atoms with Crippen molar-refractivity contribution in [2.75, 3.05) is 13.1 Å². The van der Waals surface area contributed by atoms with Gasteiger partial charge < -0.3 is 20.3 Å². The van der Waals surface area contributed by atoms with Gasteiger partial charge in [0, 0.05) is 25.4 Å². The summed E-state index contributed by atoms with van der Waals surface area (Å²) in [5.41, 5.74) is -0.678. The number of nitrogens with zero attached hydrogens (tertiary/aromatic N) is 3. The molecule has 2 fully saturated rings. The lowest BCUT2D eigenvalue weighted by atomic mass is 9.82. The smallest absolute Gasteiger partial charge is 0.272 e. The Hall–Kier alpha value is -3.82. The molecule has 2 unspecified atom stereocenters. The van der Waals surface area contributed by atoms with Crippen LogP contribution in [0.3, 0.4) is 0 Å². The molecule has 0 bridgehead atoms. The lowest BCUT2D eigenvalue weighted by Crippen LogP contribution is -2.60. The summed E-state index contributed by atoms with van der Waals surface area (Å²) in [5.74, 6) is -0.557. The molecule has 1 aliphatic carbocycles. The van der Waals surface area contributed by atoms with Gasteiger partial charge in [-0.25, -0.2) is 4.98 Å². The Kier molecular flexibility index (Phi) is 8.11. The van der Waals surface area contributed by atoms with Gasteiger partial charge in [0.25, 0.3) is 5.91 Å². The Labute approximate surface area is 240 Å². The third-order valence-corrected chi connectivity index (χ3v) is 8.51. The number of likely N-dealkylation sites (tertiary alicyclic amines) is 1. The Balaban J connectivity index is 1.32. The fourth-order valence-corrected chi connectivity index (χ4v) is 6.26. The molecule has 1 saturated heterocycles. The van der Waals surface area contributed by atoms with E-state index >= 15 is 0 Å². The van der Waals surface area contributed by atoms with Crippen LogP contribution in [-0.4, -0.2) is 69.1 Å².